The first-order valence-corrected chi connectivity index (χ1v) is 12.2. The second-order valence-electron chi connectivity index (χ2n) is 8.13. The standard InChI is InChI=1S/C28H18N6O3S/c29-27(37)22-9-8-18(13-31-22)6-7-19-12-21-23(32-14-19)15-34(25(21)17-36)26(20-4-2-1-3-5-20)24(16-35)33-28-30-10-11-38-28/h1-5,8-14,26H,15H2,(H2,29,37)(H,30,33). The second kappa shape index (κ2) is 10.7. The van der Waals surface area contributed by atoms with Gasteiger partial charge in [0, 0.05) is 40.7 Å². The van der Waals surface area contributed by atoms with Crippen LogP contribution in [0, 0.1) is 11.8 Å². The van der Waals surface area contributed by atoms with E-state index >= 15 is 0 Å². The molecule has 0 aliphatic carbocycles. The van der Waals surface area contributed by atoms with Crippen LogP contribution in [0.2, 0.25) is 0 Å². The molecule has 3 aromatic heterocycles. The van der Waals surface area contributed by atoms with Gasteiger partial charge in [-0.2, -0.15) is 0 Å². The highest BCUT2D eigenvalue weighted by Gasteiger charge is 2.35. The molecule has 0 saturated carbocycles. The lowest BCUT2D eigenvalue weighted by Gasteiger charge is -2.30. The molecule has 10 heteroatoms. The zero-order valence-electron chi connectivity index (χ0n) is 19.7. The van der Waals surface area contributed by atoms with E-state index in [0.29, 0.717) is 27.5 Å². The highest BCUT2D eigenvalue weighted by atomic mass is 32.1. The summed E-state index contributed by atoms with van der Waals surface area (Å²) in [6, 6.07) is 13.6. The molecule has 1 aliphatic rings. The first-order chi connectivity index (χ1) is 18.6. The first-order valence-electron chi connectivity index (χ1n) is 11.3. The number of hydrogen-bond donors (Lipinski definition) is 2. The number of hydrogen-bond acceptors (Lipinski definition) is 9. The zero-order chi connectivity index (χ0) is 26.5. The SMILES string of the molecule is NC(=O)c1ccc(C#Cc2cnc3c(c2)C(=C=O)N(C(C(=C=O)Nc2nccs2)c2ccccc2)C3)cn1. The van der Waals surface area contributed by atoms with Crippen LogP contribution in [0.1, 0.15) is 44.5 Å². The minimum Gasteiger partial charge on any atom is -0.364 e. The number of nitrogens with one attached hydrogen (secondary N) is 1. The Kier molecular flexibility index (Phi) is 6.89. The van der Waals surface area contributed by atoms with Crippen molar-refractivity contribution in [3.05, 3.63) is 112 Å². The van der Waals surface area contributed by atoms with Crippen molar-refractivity contribution in [2.75, 3.05) is 5.32 Å². The summed E-state index contributed by atoms with van der Waals surface area (Å²) in [4.78, 5) is 50.1. The lowest BCUT2D eigenvalue weighted by molar-refractivity contribution is 0.0995. The quantitative estimate of drug-likeness (QED) is 0.294. The van der Waals surface area contributed by atoms with Crippen molar-refractivity contribution in [1.82, 2.24) is 19.9 Å². The molecule has 1 amide bonds. The monoisotopic (exact) mass is 518 g/mol. The number of fused-ring (bicyclic) bond motifs is 1. The number of anilines is 1. The van der Waals surface area contributed by atoms with Gasteiger partial charge in [0.25, 0.3) is 5.91 Å². The van der Waals surface area contributed by atoms with Gasteiger partial charge in [-0.15, -0.1) is 11.3 Å². The molecule has 5 rings (SSSR count). The largest absolute Gasteiger partial charge is 0.364 e. The fourth-order valence-electron chi connectivity index (χ4n) is 4.07. The van der Waals surface area contributed by atoms with E-state index in [4.69, 9.17) is 5.73 Å². The Labute approximate surface area is 221 Å². The topological polar surface area (TPSA) is 131 Å². The highest BCUT2D eigenvalue weighted by Crippen LogP contribution is 2.40. The molecule has 38 heavy (non-hydrogen) atoms. The molecule has 4 aromatic rings. The number of nitrogens with zero attached hydrogens (tertiary/aromatic N) is 4. The van der Waals surface area contributed by atoms with Crippen molar-refractivity contribution >= 4 is 40.0 Å². The Bertz CT molecular complexity index is 1660. The van der Waals surface area contributed by atoms with Crippen LogP contribution in [0.25, 0.3) is 5.70 Å². The molecule has 1 aliphatic heterocycles. The van der Waals surface area contributed by atoms with Gasteiger partial charge in [-0.1, -0.05) is 42.2 Å². The summed E-state index contributed by atoms with van der Waals surface area (Å²) in [5.41, 5.74) is 9.00. The van der Waals surface area contributed by atoms with Gasteiger partial charge < -0.3 is 16.0 Å². The number of nitrogens with two attached hydrogens (primary N) is 1. The van der Waals surface area contributed by atoms with Crippen LogP contribution < -0.4 is 11.1 Å². The summed E-state index contributed by atoms with van der Waals surface area (Å²) in [5.74, 6) is 9.41. The lowest BCUT2D eigenvalue weighted by atomic mass is 10.0. The third-order valence-corrected chi connectivity index (χ3v) is 6.47. The lowest BCUT2D eigenvalue weighted by Crippen LogP contribution is -2.28. The third kappa shape index (κ3) is 4.98. The van der Waals surface area contributed by atoms with Crippen LogP contribution >= 0.6 is 11.3 Å². The first kappa shape index (κ1) is 24.4. The van der Waals surface area contributed by atoms with Crippen molar-refractivity contribution in [3.8, 4) is 11.8 Å². The Morgan fingerprint density at radius 3 is 2.47 bits per heavy atom. The Morgan fingerprint density at radius 1 is 1.03 bits per heavy atom. The number of benzene rings is 1. The van der Waals surface area contributed by atoms with Gasteiger partial charge in [-0.3, -0.25) is 9.78 Å². The maximum absolute atomic E-state index is 12.3. The third-order valence-electron chi connectivity index (χ3n) is 5.78. The fraction of sp³-hybridized carbons (Fsp3) is 0.0714. The maximum Gasteiger partial charge on any atom is 0.267 e. The number of carbonyl (C=O) groups excluding carboxylic acids is 3. The molecule has 0 saturated heterocycles. The summed E-state index contributed by atoms with van der Waals surface area (Å²) in [7, 11) is 0. The Morgan fingerprint density at radius 2 is 1.82 bits per heavy atom. The van der Waals surface area contributed by atoms with Gasteiger partial charge in [-0.25, -0.2) is 19.6 Å². The number of rotatable bonds is 6. The van der Waals surface area contributed by atoms with Gasteiger partial charge in [-0.05, 0) is 23.8 Å². The number of thiazole rings is 1. The average molecular weight is 519 g/mol. The molecule has 1 atom stereocenters. The normalized spacial score (nSPS) is 12.4. The molecule has 0 spiro atoms. The molecule has 0 fully saturated rings. The average Bonchev–Trinajstić information content (AvgIpc) is 3.59. The van der Waals surface area contributed by atoms with Crippen LogP contribution in [-0.4, -0.2) is 37.6 Å². The predicted octanol–water partition coefficient (Wildman–Crippen LogP) is 2.99. The summed E-state index contributed by atoms with van der Waals surface area (Å²) < 4.78 is 0. The zero-order valence-corrected chi connectivity index (χ0v) is 20.5. The van der Waals surface area contributed by atoms with Crippen LogP contribution in [0.4, 0.5) is 5.13 Å². The molecular weight excluding hydrogens is 500 g/mol. The van der Waals surface area contributed by atoms with Gasteiger partial charge in [0.15, 0.2) is 11.1 Å². The highest BCUT2D eigenvalue weighted by molar-refractivity contribution is 7.13. The van der Waals surface area contributed by atoms with Crippen molar-refractivity contribution in [3.63, 3.8) is 0 Å². The van der Waals surface area contributed by atoms with Crippen LogP contribution in [0.3, 0.4) is 0 Å². The number of carbonyl (C=O) groups is 1. The van der Waals surface area contributed by atoms with E-state index in [1.165, 1.54) is 23.6 Å². The summed E-state index contributed by atoms with van der Waals surface area (Å²) >= 11 is 1.34. The Hall–Kier alpha value is -5.32. The van der Waals surface area contributed by atoms with Crippen LogP contribution in [-0.2, 0) is 16.1 Å². The van der Waals surface area contributed by atoms with Crippen molar-refractivity contribution in [2.45, 2.75) is 12.6 Å². The second-order valence-corrected chi connectivity index (χ2v) is 9.03. The molecule has 184 valence electrons. The predicted molar refractivity (Wildman–Crippen MR) is 142 cm³/mol. The van der Waals surface area contributed by atoms with Crippen LogP contribution in [0.15, 0.2) is 78.2 Å². The van der Waals surface area contributed by atoms with Crippen molar-refractivity contribution in [2.24, 2.45) is 5.73 Å². The van der Waals surface area contributed by atoms with E-state index < -0.39 is 11.9 Å². The maximum atomic E-state index is 12.3. The van der Waals surface area contributed by atoms with Crippen molar-refractivity contribution < 1.29 is 14.4 Å². The number of aromatic nitrogens is 3. The van der Waals surface area contributed by atoms with Gasteiger partial charge in [0.1, 0.15) is 29.1 Å². The molecule has 9 nitrogen and oxygen atoms in total. The number of primary amides is 1. The van der Waals surface area contributed by atoms with E-state index in [0.717, 1.165) is 5.56 Å². The van der Waals surface area contributed by atoms with Gasteiger partial charge in [0.2, 0.25) is 0 Å². The van der Waals surface area contributed by atoms with Gasteiger partial charge in [0.05, 0.1) is 12.2 Å². The molecule has 3 N–H and O–H groups in total. The summed E-state index contributed by atoms with van der Waals surface area (Å²) in [5, 5.41) is 5.38. The minimum absolute atomic E-state index is 0.150. The summed E-state index contributed by atoms with van der Waals surface area (Å²) in [6.45, 7) is 0.274. The van der Waals surface area contributed by atoms with E-state index in [9.17, 15) is 14.4 Å². The fourth-order valence-corrected chi connectivity index (χ4v) is 4.61. The minimum atomic E-state index is -0.660. The van der Waals surface area contributed by atoms with E-state index in [-0.39, 0.29) is 23.6 Å². The number of pyridine rings is 2. The molecule has 1 aromatic carbocycles. The van der Waals surface area contributed by atoms with E-state index in [2.05, 4.69) is 32.1 Å². The molecule has 4 heterocycles. The van der Waals surface area contributed by atoms with Crippen LogP contribution in [0.5, 0.6) is 0 Å². The Balaban J connectivity index is 1.48. The molecule has 0 radical (unpaired) electrons. The molecule has 1 unspecified atom stereocenters. The smallest absolute Gasteiger partial charge is 0.267 e. The van der Waals surface area contributed by atoms with Crippen molar-refractivity contribution in [1.29, 1.82) is 0 Å². The van der Waals surface area contributed by atoms with E-state index in [1.54, 1.807) is 34.8 Å². The molecule has 0 bridgehead atoms. The van der Waals surface area contributed by atoms with Gasteiger partial charge >= 0.3 is 0 Å². The van der Waals surface area contributed by atoms with E-state index in [1.807, 2.05) is 42.2 Å². The summed E-state index contributed by atoms with van der Waals surface area (Å²) in [6.07, 6.45) is 4.70. The number of amides is 1. The molecular formula is C28H18N6O3S.